The van der Waals surface area contributed by atoms with Crippen molar-refractivity contribution < 1.29 is 4.42 Å². The third-order valence-electron chi connectivity index (χ3n) is 1.43. The van der Waals surface area contributed by atoms with Crippen LogP contribution in [0.1, 0.15) is 5.76 Å². The van der Waals surface area contributed by atoms with Gasteiger partial charge >= 0.3 is 0 Å². The molecule has 0 unspecified atom stereocenters. The summed E-state index contributed by atoms with van der Waals surface area (Å²) < 4.78 is 10.0. The smallest absolute Gasteiger partial charge is 0.164 e. The van der Waals surface area contributed by atoms with E-state index < -0.39 is 0 Å². The summed E-state index contributed by atoms with van der Waals surface area (Å²) in [5, 5.41) is 7.81. The fourth-order valence-electron chi connectivity index (χ4n) is 0.866. The Bertz CT molecular complexity index is 373. The Hall–Kier alpha value is -0.630. The molecule has 0 spiro atoms. The summed E-state index contributed by atoms with van der Waals surface area (Å²) in [6.07, 6.45) is 1.69. The average Bonchev–Trinajstić information content (AvgIpc) is 2.71. The van der Waals surface area contributed by atoms with Crippen LogP contribution in [0.5, 0.6) is 0 Å². The van der Waals surface area contributed by atoms with Gasteiger partial charge in [-0.1, -0.05) is 4.49 Å². The minimum absolute atomic E-state index is 0.673. The summed E-state index contributed by atoms with van der Waals surface area (Å²) in [5.41, 5.74) is 0. The van der Waals surface area contributed by atoms with Gasteiger partial charge in [-0.25, -0.2) is 0 Å². The quantitative estimate of drug-likeness (QED) is 0.884. The second-order valence-electron chi connectivity index (χ2n) is 2.34. The molecule has 0 atom stereocenters. The van der Waals surface area contributed by atoms with E-state index in [0.717, 1.165) is 14.5 Å². The summed E-state index contributed by atoms with van der Waals surface area (Å²) >= 11 is 3.47. The first-order valence-corrected chi connectivity index (χ1v) is 5.45. The van der Waals surface area contributed by atoms with Crippen LogP contribution < -0.4 is 5.32 Å². The monoisotopic (exact) mass is 307 g/mol. The molecule has 0 saturated carbocycles. The van der Waals surface area contributed by atoms with Gasteiger partial charge < -0.3 is 9.73 Å². The third kappa shape index (κ3) is 2.41. The normalized spacial score (nSPS) is 10.2. The number of rotatable bonds is 3. The van der Waals surface area contributed by atoms with Gasteiger partial charge in [-0.15, -0.1) is 5.10 Å². The number of hydrogen-bond acceptors (Lipinski definition) is 5. The first-order chi connectivity index (χ1) is 6.34. The lowest BCUT2D eigenvalue weighted by atomic mass is 10.4. The molecule has 0 radical (unpaired) electrons. The van der Waals surface area contributed by atoms with Gasteiger partial charge in [0.05, 0.1) is 12.7 Å². The van der Waals surface area contributed by atoms with Crippen LogP contribution in [0.4, 0.5) is 5.00 Å². The highest BCUT2D eigenvalue weighted by molar-refractivity contribution is 14.1. The average molecular weight is 307 g/mol. The number of halogens is 1. The van der Waals surface area contributed by atoms with Crippen molar-refractivity contribution in [1.29, 1.82) is 0 Å². The standard InChI is InChI=1S/C7H6IN3OS/c8-6-2-1-5(12-6)3-9-7-4-10-11-13-7/h1-2,4,9H,3H2. The van der Waals surface area contributed by atoms with Crippen molar-refractivity contribution >= 4 is 39.1 Å². The maximum absolute atomic E-state index is 5.37. The minimum Gasteiger partial charge on any atom is -0.454 e. The molecule has 2 aromatic rings. The van der Waals surface area contributed by atoms with Gasteiger partial charge in [0, 0.05) is 11.5 Å². The summed E-state index contributed by atoms with van der Waals surface area (Å²) in [6.45, 7) is 0.673. The highest BCUT2D eigenvalue weighted by Crippen LogP contribution is 2.14. The lowest BCUT2D eigenvalue weighted by Crippen LogP contribution is -1.95. The molecule has 68 valence electrons. The largest absolute Gasteiger partial charge is 0.454 e. The van der Waals surface area contributed by atoms with Crippen LogP contribution in [0.3, 0.4) is 0 Å². The maximum Gasteiger partial charge on any atom is 0.164 e. The van der Waals surface area contributed by atoms with Crippen LogP contribution in [0.15, 0.2) is 22.7 Å². The van der Waals surface area contributed by atoms with Crippen molar-refractivity contribution in [2.24, 2.45) is 0 Å². The number of furan rings is 1. The molecule has 2 heterocycles. The molecule has 0 fully saturated rings. The van der Waals surface area contributed by atoms with Gasteiger partial charge in [-0.2, -0.15) is 0 Å². The molecular formula is C7H6IN3OS. The Kier molecular flexibility index (Phi) is 2.79. The Morgan fingerprint density at radius 3 is 3.08 bits per heavy atom. The van der Waals surface area contributed by atoms with E-state index in [2.05, 4.69) is 37.5 Å². The third-order valence-corrected chi connectivity index (χ3v) is 2.63. The van der Waals surface area contributed by atoms with E-state index in [-0.39, 0.29) is 0 Å². The van der Waals surface area contributed by atoms with Crippen LogP contribution in [0, 0.1) is 3.77 Å². The predicted octanol–water partition coefficient (Wildman–Crippen LogP) is 2.35. The summed E-state index contributed by atoms with van der Waals surface area (Å²) in [4.78, 5) is 0. The van der Waals surface area contributed by atoms with Crippen molar-refractivity contribution in [2.75, 3.05) is 5.32 Å². The molecule has 2 rings (SSSR count). The van der Waals surface area contributed by atoms with Crippen molar-refractivity contribution in [3.8, 4) is 0 Å². The molecule has 0 aliphatic carbocycles. The highest BCUT2D eigenvalue weighted by Gasteiger charge is 1.99. The van der Waals surface area contributed by atoms with Crippen LogP contribution in [0.25, 0.3) is 0 Å². The Morgan fingerprint density at radius 2 is 2.46 bits per heavy atom. The zero-order chi connectivity index (χ0) is 9.10. The van der Waals surface area contributed by atoms with E-state index in [1.54, 1.807) is 6.20 Å². The molecule has 13 heavy (non-hydrogen) atoms. The molecule has 1 N–H and O–H groups in total. The van der Waals surface area contributed by atoms with Crippen LogP contribution in [-0.4, -0.2) is 9.59 Å². The zero-order valence-corrected chi connectivity index (χ0v) is 9.50. The summed E-state index contributed by atoms with van der Waals surface area (Å²) in [7, 11) is 0. The fraction of sp³-hybridized carbons (Fsp3) is 0.143. The van der Waals surface area contributed by atoms with Gasteiger partial charge in [0.25, 0.3) is 0 Å². The van der Waals surface area contributed by atoms with E-state index >= 15 is 0 Å². The zero-order valence-electron chi connectivity index (χ0n) is 6.53. The molecule has 0 saturated heterocycles. The van der Waals surface area contributed by atoms with Crippen molar-refractivity contribution in [1.82, 2.24) is 9.59 Å². The Balaban J connectivity index is 1.93. The number of aromatic nitrogens is 2. The fourth-order valence-corrected chi connectivity index (χ4v) is 1.74. The minimum atomic E-state index is 0.673. The van der Waals surface area contributed by atoms with Crippen LogP contribution >= 0.6 is 34.1 Å². The van der Waals surface area contributed by atoms with Gasteiger partial charge in [0.2, 0.25) is 0 Å². The van der Waals surface area contributed by atoms with E-state index in [1.807, 2.05) is 12.1 Å². The molecule has 0 aliphatic heterocycles. The first-order valence-electron chi connectivity index (χ1n) is 3.60. The number of hydrogen-bond donors (Lipinski definition) is 1. The molecule has 4 nitrogen and oxygen atoms in total. The Labute approximate surface area is 92.6 Å². The predicted molar refractivity (Wildman–Crippen MR) is 58.7 cm³/mol. The van der Waals surface area contributed by atoms with Gasteiger partial charge in [0.15, 0.2) is 3.77 Å². The first kappa shape index (κ1) is 8.95. The molecule has 0 bridgehead atoms. The van der Waals surface area contributed by atoms with E-state index in [1.165, 1.54) is 11.5 Å². The van der Waals surface area contributed by atoms with E-state index in [0.29, 0.717) is 6.54 Å². The summed E-state index contributed by atoms with van der Waals surface area (Å²) in [5.74, 6) is 0.915. The second kappa shape index (κ2) is 4.05. The van der Waals surface area contributed by atoms with Gasteiger partial charge in [-0.05, 0) is 34.7 Å². The number of nitrogens with one attached hydrogen (secondary N) is 1. The van der Waals surface area contributed by atoms with Crippen molar-refractivity contribution in [3.05, 3.63) is 27.9 Å². The molecular weight excluding hydrogens is 301 g/mol. The maximum atomic E-state index is 5.37. The number of anilines is 1. The molecule has 0 amide bonds. The topological polar surface area (TPSA) is 51.0 Å². The number of nitrogens with zero attached hydrogens (tertiary/aromatic N) is 2. The van der Waals surface area contributed by atoms with Crippen LogP contribution in [-0.2, 0) is 6.54 Å². The Morgan fingerprint density at radius 1 is 1.54 bits per heavy atom. The second-order valence-corrected chi connectivity index (χ2v) is 4.19. The van der Waals surface area contributed by atoms with E-state index in [9.17, 15) is 0 Å². The molecule has 6 heteroatoms. The molecule has 0 aromatic carbocycles. The lowest BCUT2D eigenvalue weighted by molar-refractivity contribution is 0.493. The summed E-state index contributed by atoms with van der Waals surface area (Å²) in [6, 6.07) is 3.88. The van der Waals surface area contributed by atoms with Gasteiger partial charge in [-0.3, -0.25) is 0 Å². The lowest BCUT2D eigenvalue weighted by Gasteiger charge is -1.97. The SMILES string of the molecule is Ic1ccc(CNc2cnns2)o1. The highest BCUT2D eigenvalue weighted by atomic mass is 127. The van der Waals surface area contributed by atoms with Crippen molar-refractivity contribution in [2.45, 2.75) is 6.54 Å². The molecule has 2 aromatic heterocycles. The van der Waals surface area contributed by atoms with E-state index in [4.69, 9.17) is 4.42 Å². The van der Waals surface area contributed by atoms with Gasteiger partial charge in [0.1, 0.15) is 10.8 Å². The van der Waals surface area contributed by atoms with Crippen molar-refractivity contribution in [3.63, 3.8) is 0 Å². The molecule has 0 aliphatic rings. The van der Waals surface area contributed by atoms with Crippen LogP contribution in [0.2, 0.25) is 0 Å².